The van der Waals surface area contributed by atoms with Crippen LogP contribution in [0.25, 0.3) is 5.57 Å². The molecule has 0 heterocycles. The van der Waals surface area contributed by atoms with Crippen LogP contribution in [0.4, 0.5) is 0 Å². The van der Waals surface area contributed by atoms with Crippen LogP contribution in [0.2, 0.25) is 0 Å². The molecule has 0 unspecified atom stereocenters. The van der Waals surface area contributed by atoms with Crippen LogP contribution in [0.15, 0.2) is 29.2 Å². The van der Waals surface area contributed by atoms with Crippen molar-refractivity contribution in [3.8, 4) is 5.75 Å². The zero-order chi connectivity index (χ0) is 10.7. The number of thiol groups is 1. The predicted octanol–water partition coefficient (Wildman–Crippen LogP) is 2.14. The molecule has 1 aromatic carbocycles. The lowest BCUT2D eigenvalue weighted by molar-refractivity contribution is -0.131. The van der Waals surface area contributed by atoms with E-state index in [1.807, 2.05) is 0 Å². The molecular formula is C10H10O3S. The number of carboxylic acid groups (broad SMARTS) is 1. The Kier molecular flexibility index (Phi) is 3.19. The average Bonchev–Trinajstić information content (AvgIpc) is 2.15. The van der Waals surface area contributed by atoms with Crippen molar-refractivity contribution >= 4 is 24.2 Å². The molecule has 0 aliphatic carbocycles. The van der Waals surface area contributed by atoms with Gasteiger partial charge in [0.15, 0.2) is 0 Å². The largest absolute Gasteiger partial charge is 0.508 e. The van der Waals surface area contributed by atoms with Crippen LogP contribution in [0.5, 0.6) is 5.75 Å². The summed E-state index contributed by atoms with van der Waals surface area (Å²) >= 11 is 3.86. The molecule has 0 aliphatic rings. The quantitative estimate of drug-likeness (QED) is 0.517. The number of phenolic OH excluding ortho intramolecular Hbond substituents is 1. The van der Waals surface area contributed by atoms with Gasteiger partial charge in [-0.1, -0.05) is 12.1 Å². The summed E-state index contributed by atoms with van der Waals surface area (Å²) in [6.07, 6.45) is 0. The normalized spacial score (nSPS) is 12.1. The Hall–Kier alpha value is -1.42. The molecule has 0 atom stereocenters. The highest BCUT2D eigenvalue weighted by atomic mass is 32.1. The van der Waals surface area contributed by atoms with Crippen LogP contribution < -0.4 is 0 Å². The Labute approximate surface area is 87.1 Å². The minimum Gasteiger partial charge on any atom is -0.508 e. The number of aromatic hydroxyl groups is 1. The molecule has 1 rings (SSSR count). The number of hydrogen-bond acceptors (Lipinski definition) is 3. The highest BCUT2D eigenvalue weighted by molar-refractivity contribution is 7.85. The number of allylic oxidation sites excluding steroid dienone is 1. The Morgan fingerprint density at radius 1 is 1.43 bits per heavy atom. The van der Waals surface area contributed by atoms with Gasteiger partial charge < -0.3 is 10.2 Å². The number of aliphatic carboxylic acids is 1. The van der Waals surface area contributed by atoms with Gasteiger partial charge in [-0.2, -0.15) is 0 Å². The molecular weight excluding hydrogens is 200 g/mol. The summed E-state index contributed by atoms with van der Waals surface area (Å²) in [5, 5.41) is 17.9. The van der Waals surface area contributed by atoms with Gasteiger partial charge in [0.1, 0.15) is 5.75 Å². The molecule has 3 nitrogen and oxygen atoms in total. The summed E-state index contributed by atoms with van der Waals surface area (Å²) in [7, 11) is 0. The average molecular weight is 210 g/mol. The molecule has 4 heteroatoms. The first kappa shape index (κ1) is 10.7. The first-order chi connectivity index (χ1) is 6.52. The number of carbonyl (C=O) groups is 1. The molecule has 2 N–H and O–H groups in total. The maximum absolute atomic E-state index is 10.6. The van der Waals surface area contributed by atoms with Crippen LogP contribution in [-0.4, -0.2) is 16.2 Å². The predicted molar refractivity (Wildman–Crippen MR) is 57.3 cm³/mol. The second-order valence-electron chi connectivity index (χ2n) is 2.83. The summed E-state index contributed by atoms with van der Waals surface area (Å²) in [6.45, 7) is 1.64. The van der Waals surface area contributed by atoms with E-state index in [1.54, 1.807) is 19.1 Å². The van der Waals surface area contributed by atoms with Crippen molar-refractivity contribution in [1.82, 2.24) is 0 Å². The van der Waals surface area contributed by atoms with Gasteiger partial charge in [0.05, 0.1) is 4.91 Å². The van der Waals surface area contributed by atoms with Gasteiger partial charge in [-0.15, -0.1) is 12.6 Å². The van der Waals surface area contributed by atoms with Gasteiger partial charge in [-0.05, 0) is 30.2 Å². The minimum absolute atomic E-state index is 0.0180. The molecule has 0 spiro atoms. The molecule has 74 valence electrons. The summed E-state index contributed by atoms with van der Waals surface area (Å²) in [5.41, 5.74) is 1.18. The maximum Gasteiger partial charge on any atom is 0.342 e. The lowest BCUT2D eigenvalue weighted by Crippen LogP contribution is -1.96. The molecule has 0 bridgehead atoms. The molecule has 1 aromatic rings. The molecule has 14 heavy (non-hydrogen) atoms. The molecule has 0 amide bonds. The van der Waals surface area contributed by atoms with Crippen molar-refractivity contribution in [2.24, 2.45) is 0 Å². The van der Waals surface area contributed by atoms with Gasteiger partial charge in [0.2, 0.25) is 0 Å². The lowest BCUT2D eigenvalue weighted by atomic mass is 10.1. The molecule has 0 fully saturated rings. The van der Waals surface area contributed by atoms with Crippen molar-refractivity contribution in [1.29, 1.82) is 0 Å². The molecule has 0 aromatic heterocycles. The molecule has 0 saturated heterocycles. The zero-order valence-corrected chi connectivity index (χ0v) is 8.45. The van der Waals surface area contributed by atoms with Crippen LogP contribution >= 0.6 is 12.6 Å². The third kappa shape index (κ3) is 2.29. The second kappa shape index (κ2) is 4.19. The Morgan fingerprint density at radius 2 is 2.07 bits per heavy atom. The highest BCUT2D eigenvalue weighted by Gasteiger charge is 2.08. The molecule has 0 radical (unpaired) electrons. The third-order valence-corrected chi connectivity index (χ3v) is 2.36. The number of phenols is 1. The Bertz CT molecular complexity index is 396. The van der Waals surface area contributed by atoms with Crippen molar-refractivity contribution in [2.75, 3.05) is 0 Å². The van der Waals surface area contributed by atoms with E-state index in [9.17, 15) is 9.90 Å². The Morgan fingerprint density at radius 3 is 2.57 bits per heavy atom. The van der Waals surface area contributed by atoms with Gasteiger partial charge >= 0.3 is 5.97 Å². The monoisotopic (exact) mass is 210 g/mol. The molecule has 0 saturated carbocycles. The van der Waals surface area contributed by atoms with Gasteiger partial charge in [-0.3, -0.25) is 0 Å². The van der Waals surface area contributed by atoms with E-state index < -0.39 is 5.97 Å². The van der Waals surface area contributed by atoms with Crippen LogP contribution in [-0.2, 0) is 4.79 Å². The van der Waals surface area contributed by atoms with Crippen molar-refractivity contribution < 1.29 is 15.0 Å². The van der Waals surface area contributed by atoms with E-state index in [-0.39, 0.29) is 10.7 Å². The van der Waals surface area contributed by atoms with Crippen LogP contribution in [0.3, 0.4) is 0 Å². The summed E-state index contributed by atoms with van der Waals surface area (Å²) in [5.74, 6) is -0.970. The van der Waals surface area contributed by atoms with E-state index in [1.165, 1.54) is 12.1 Å². The number of rotatable bonds is 2. The third-order valence-electron chi connectivity index (χ3n) is 1.84. The molecule has 0 aliphatic heterocycles. The lowest BCUT2D eigenvalue weighted by Gasteiger charge is -2.03. The number of benzene rings is 1. The first-order valence-corrected chi connectivity index (χ1v) is 4.39. The van der Waals surface area contributed by atoms with Crippen LogP contribution in [0.1, 0.15) is 12.5 Å². The highest BCUT2D eigenvalue weighted by Crippen LogP contribution is 2.23. The van der Waals surface area contributed by atoms with Gasteiger partial charge in [-0.25, -0.2) is 4.79 Å². The van der Waals surface area contributed by atoms with Gasteiger partial charge in [0.25, 0.3) is 0 Å². The summed E-state index contributed by atoms with van der Waals surface area (Å²) < 4.78 is 0. The zero-order valence-electron chi connectivity index (χ0n) is 7.56. The van der Waals surface area contributed by atoms with Crippen molar-refractivity contribution in [3.63, 3.8) is 0 Å². The maximum atomic E-state index is 10.6. The van der Waals surface area contributed by atoms with Crippen LogP contribution in [0, 0.1) is 0 Å². The number of carboxylic acids is 1. The van der Waals surface area contributed by atoms with E-state index in [4.69, 9.17) is 5.11 Å². The van der Waals surface area contributed by atoms with E-state index in [2.05, 4.69) is 12.6 Å². The smallest absolute Gasteiger partial charge is 0.342 e. The van der Waals surface area contributed by atoms with E-state index >= 15 is 0 Å². The SMILES string of the molecule is C/C(=C(/S)C(=O)O)c1cccc(O)c1. The fourth-order valence-electron chi connectivity index (χ4n) is 1.04. The number of hydrogen-bond donors (Lipinski definition) is 3. The van der Waals surface area contributed by atoms with Gasteiger partial charge in [0, 0.05) is 0 Å². The fourth-order valence-corrected chi connectivity index (χ4v) is 1.17. The van der Waals surface area contributed by atoms with Crippen molar-refractivity contribution in [3.05, 3.63) is 34.7 Å². The van der Waals surface area contributed by atoms with E-state index in [0.717, 1.165) is 0 Å². The standard InChI is InChI=1S/C10H10O3S/c1-6(9(14)10(12)13)7-3-2-4-8(11)5-7/h2-5,11,14H,1H3,(H,12,13)/b9-6-. The fraction of sp³-hybridized carbons (Fsp3) is 0.100. The Balaban J connectivity index is 3.18. The minimum atomic E-state index is -1.07. The van der Waals surface area contributed by atoms with Crippen molar-refractivity contribution in [2.45, 2.75) is 6.92 Å². The topological polar surface area (TPSA) is 57.5 Å². The first-order valence-electron chi connectivity index (χ1n) is 3.95. The summed E-state index contributed by atoms with van der Waals surface area (Å²) in [4.78, 5) is 10.6. The summed E-state index contributed by atoms with van der Waals surface area (Å²) in [6, 6.07) is 6.38. The van der Waals surface area contributed by atoms with E-state index in [0.29, 0.717) is 11.1 Å². The second-order valence-corrected chi connectivity index (χ2v) is 3.28.